The fraction of sp³-hybridized carbons (Fsp3) is 0.611. The van der Waals surface area contributed by atoms with Crippen LogP contribution >= 0.6 is 0 Å². The number of piperazine rings is 1. The number of hydrogen-bond acceptors (Lipinski definition) is 8. The van der Waals surface area contributed by atoms with E-state index in [0.29, 0.717) is 57.8 Å². The number of benzene rings is 1. The number of likely N-dealkylation sites (N-methyl/N-ethyl adjacent to an activating group) is 1. The molecule has 2 aliphatic heterocycles. The number of rotatable bonds is 7. The topological polar surface area (TPSA) is 142 Å². The van der Waals surface area contributed by atoms with E-state index in [9.17, 15) is 23.3 Å². The Kier molecular flexibility index (Phi) is 6.91. The molecular weight excluding hydrogens is 412 g/mol. The van der Waals surface area contributed by atoms with Crippen LogP contribution in [0, 0.1) is 10.1 Å². The monoisotopic (exact) mass is 440 g/mol. The Hall–Kier alpha value is -2.28. The van der Waals surface area contributed by atoms with Crippen LogP contribution in [-0.2, 0) is 14.8 Å². The molecule has 11 nitrogen and oxygen atoms in total. The molecule has 2 heterocycles. The van der Waals surface area contributed by atoms with Crippen LogP contribution in [0.4, 0.5) is 11.4 Å². The number of likely N-dealkylation sites (tertiary alicyclic amines) is 1. The van der Waals surface area contributed by atoms with Crippen LogP contribution in [0.2, 0.25) is 0 Å². The Morgan fingerprint density at radius 1 is 1.20 bits per heavy atom. The number of nitro groups is 1. The van der Waals surface area contributed by atoms with Gasteiger partial charge in [-0.25, -0.2) is 8.42 Å². The SMILES string of the molecule is CN1CCN(S(=O)(=O)c2ccc(NC3CCN(CC(N)=O)CC3)c([N+](=O)[O-])c2)CC1. The number of nitrogens with one attached hydrogen (secondary N) is 1. The highest BCUT2D eigenvalue weighted by Gasteiger charge is 2.30. The molecule has 0 aliphatic carbocycles. The maximum Gasteiger partial charge on any atom is 0.293 e. The van der Waals surface area contributed by atoms with Crippen LogP contribution in [0.3, 0.4) is 0 Å². The molecule has 0 aromatic heterocycles. The number of carbonyl (C=O) groups is 1. The minimum Gasteiger partial charge on any atom is -0.377 e. The molecule has 2 fully saturated rings. The molecule has 1 aromatic rings. The number of nitrogens with two attached hydrogens (primary N) is 1. The number of carbonyl (C=O) groups excluding carboxylic acids is 1. The third-order valence-corrected chi connectivity index (χ3v) is 7.49. The van der Waals surface area contributed by atoms with E-state index in [-0.39, 0.29) is 29.1 Å². The molecule has 166 valence electrons. The van der Waals surface area contributed by atoms with Gasteiger partial charge < -0.3 is 16.0 Å². The van der Waals surface area contributed by atoms with Crippen molar-refractivity contribution < 1.29 is 18.1 Å². The van der Waals surface area contributed by atoms with Crippen molar-refractivity contribution in [2.45, 2.75) is 23.8 Å². The predicted octanol–water partition coefficient (Wildman–Crippen LogP) is -0.107. The van der Waals surface area contributed by atoms with E-state index in [1.807, 2.05) is 16.8 Å². The van der Waals surface area contributed by atoms with Crippen molar-refractivity contribution in [3.05, 3.63) is 28.3 Å². The molecule has 0 bridgehead atoms. The number of piperidine rings is 1. The van der Waals surface area contributed by atoms with Gasteiger partial charge in [0.1, 0.15) is 5.69 Å². The van der Waals surface area contributed by atoms with Gasteiger partial charge in [0, 0.05) is 51.4 Å². The summed E-state index contributed by atoms with van der Waals surface area (Å²) in [6.07, 6.45) is 1.40. The van der Waals surface area contributed by atoms with E-state index >= 15 is 0 Å². The van der Waals surface area contributed by atoms with Gasteiger partial charge in [-0.15, -0.1) is 0 Å². The Bertz CT molecular complexity index is 892. The zero-order chi connectivity index (χ0) is 21.9. The molecule has 0 saturated carbocycles. The molecule has 2 saturated heterocycles. The number of amides is 1. The number of anilines is 1. The second-order valence-corrected chi connectivity index (χ2v) is 9.74. The van der Waals surface area contributed by atoms with E-state index in [1.165, 1.54) is 16.4 Å². The molecule has 12 heteroatoms. The first-order valence-corrected chi connectivity index (χ1v) is 11.3. The normalized spacial score (nSPS) is 20.2. The second kappa shape index (κ2) is 9.25. The highest BCUT2D eigenvalue weighted by atomic mass is 32.2. The predicted molar refractivity (Wildman–Crippen MR) is 112 cm³/mol. The molecule has 0 radical (unpaired) electrons. The van der Waals surface area contributed by atoms with Gasteiger partial charge in [-0.2, -0.15) is 4.31 Å². The van der Waals surface area contributed by atoms with Crippen molar-refractivity contribution in [1.82, 2.24) is 14.1 Å². The molecule has 2 aliphatic rings. The van der Waals surface area contributed by atoms with Crippen molar-refractivity contribution in [2.24, 2.45) is 5.73 Å². The van der Waals surface area contributed by atoms with Gasteiger partial charge in [-0.3, -0.25) is 19.8 Å². The Labute approximate surface area is 176 Å². The Morgan fingerprint density at radius 2 is 1.83 bits per heavy atom. The Balaban J connectivity index is 1.73. The molecule has 1 amide bonds. The number of primary amides is 1. The number of nitro benzene ring substituents is 1. The fourth-order valence-corrected chi connectivity index (χ4v) is 5.24. The lowest BCUT2D eigenvalue weighted by atomic mass is 10.0. The summed E-state index contributed by atoms with van der Waals surface area (Å²) < 4.78 is 27.2. The molecule has 3 N–H and O–H groups in total. The maximum atomic E-state index is 12.9. The third kappa shape index (κ3) is 5.25. The van der Waals surface area contributed by atoms with Gasteiger partial charge in [-0.1, -0.05) is 0 Å². The van der Waals surface area contributed by atoms with Crippen LogP contribution in [0.5, 0.6) is 0 Å². The summed E-state index contributed by atoms with van der Waals surface area (Å²) in [5.41, 5.74) is 5.26. The zero-order valence-electron chi connectivity index (χ0n) is 17.0. The van der Waals surface area contributed by atoms with Crippen LogP contribution in [0.1, 0.15) is 12.8 Å². The number of sulfonamides is 1. The van der Waals surface area contributed by atoms with Crippen molar-refractivity contribution in [1.29, 1.82) is 0 Å². The van der Waals surface area contributed by atoms with Crippen molar-refractivity contribution in [3.8, 4) is 0 Å². The minimum absolute atomic E-state index is 0.00656. The average Bonchev–Trinajstić information content (AvgIpc) is 2.69. The highest BCUT2D eigenvalue weighted by molar-refractivity contribution is 7.89. The van der Waals surface area contributed by atoms with E-state index in [0.717, 1.165) is 6.07 Å². The van der Waals surface area contributed by atoms with E-state index < -0.39 is 14.9 Å². The fourth-order valence-electron chi connectivity index (χ4n) is 3.80. The maximum absolute atomic E-state index is 12.9. The molecular formula is C18H28N6O5S. The molecule has 30 heavy (non-hydrogen) atoms. The quantitative estimate of drug-likeness (QED) is 0.442. The van der Waals surface area contributed by atoms with Crippen LogP contribution in [0.25, 0.3) is 0 Å². The van der Waals surface area contributed by atoms with E-state index in [2.05, 4.69) is 5.32 Å². The second-order valence-electron chi connectivity index (χ2n) is 7.80. The van der Waals surface area contributed by atoms with Crippen LogP contribution < -0.4 is 11.1 Å². The molecule has 1 aromatic carbocycles. The highest BCUT2D eigenvalue weighted by Crippen LogP contribution is 2.31. The largest absolute Gasteiger partial charge is 0.377 e. The van der Waals surface area contributed by atoms with Crippen LogP contribution in [0.15, 0.2) is 23.1 Å². The summed E-state index contributed by atoms with van der Waals surface area (Å²) in [5, 5.41) is 14.8. The van der Waals surface area contributed by atoms with Gasteiger partial charge in [0.25, 0.3) is 5.69 Å². The molecule has 0 spiro atoms. The first kappa shape index (κ1) is 22.4. The summed E-state index contributed by atoms with van der Waals surface area (Å²) >= 11 is 0. The van der Waals surface area contributed by atoms with Gasteiger partial charge >= 0.3 is 0 Å². The first-order valence-electron chi connectivity index (χ1n) is 9.91. The zero-order valence-corrected chi connectivity index (χ0v) is 17.8. The summed E-state index contributed by atoms with van der Waals surface area (Å²) in [5.74, 6) is -0.380. The lowest BCUT2D eigenvalue weighted by Gasteiger charge is -2.32. The van der Waals surface area contributed by atoms with E-state index in [4.69, 9.17) is 5.73 Å². The summed E-state index contributed by atoms with van der Waals surface area (Å²) in [6.45, 7) is 3.47. The standard InChI is InChI=1S/C18H28N6O5S/c1-21-8-10-23(11-9-21)30(28,29)15-2-3-16(17(12-15)24(26)27)20-14-4-6-22(7-5-14)13-18(19)25/h2-3,12,14,20H,4-11,13H2,1H3,(H2,19,25). The van der Waals surface area contributed by atoms with Crippen molar-refractivity contribution in [2.75, 3.05) is 58.2 Å². The van der Waals surface area contributed by atoms with Gasteiger partial charge in [-0.05, 0) is 32.0 Å². The number of hydrogen-bond donors (Lipinski definition) is 2. The Morgan fingerprint density at radius 3 is 2.40 bits per heavy atom. The molecule has 3 rings (SSSR count). The molecule has 0 atom stereocenters. The average molecular weight is 441 g/mol. The third-order valence-electron chi connectivity index (χ3n) is 5.59. The molecule has 0 unspecified atom stereocenters. The van der Waals surface area contributed by atoms with Crippen molar-refractivity contribution in [3.63, 3.8) is 0 Å². The van der Waals surface area contributed by atoms with Crippen molar-refractivity contribution >= 4 is 27.3 Å². The summed E-state index contributed by atoms with van der Waals surface area (Å²) in [4.78, 5) is 26.0. The summed E-state index contributed by atoms with van der Waals surface area (Å²) in [6, 6.07) is 4.02. The lowest BCUT2D eigenvalue weighted by molar-refractivity contribution is -0.384. The van der Waals surface area contributed by atoms with Gasteiger partial charge in [0.05, 0.1) is 16.4 Å². The van der Waals surface area contributed by atoms with Gasteiger partial charge in [0.2, 0.25) is 15.9 Å². The smallest absolute Gasteiger partial charge is 0.293 e. The van der Waals surface area contributed by atoms with Gasteiger partial charge in [0.15, 0.2) is 0 Å². The number of nitrogens with zero attached hydrogens (tertiary/aromatic N) is 4. The minimum atomic E-state index is -3.79. The summed E-state index contributed by atoms with van der Waals surface area (Å²) in [7, 11) is -1.86. The lowest BCUT2D eigenvalue weighted by Crippen LogP contribution is -2.47. The van der Waals surface area contributed by atoms with Crippen LogP contribution in [-0.4, -0.2) is 92.3 Å². The first-order chi connectivity index (χ1) is 14.2. The van der Waals surface area contributed by atoms with E-state index in [1.54, 1.807) is 0 Å².